The van der Waals surface area contributed by atoms with Crippen molar-refractivity contribution in [3.8, 4) is 0 Å². The lowest BCUT2D eigenvalue weighted by Crippen LogP contribution is -2.28. The van der Waals surface area contributed by atoms with Crippen LogP contribution in [0.3, 0.4) is 0 Å². The van der Waals surface area contributed by atoms with Gasteiger partial charge in [-0.05, 0) is 19.4 Å². The average Bonchev–Trinajstić information content (AvgIpc) is 3.07. The number of aryl methyl sites for hydroxylation is 2. The Morgan fingerprint density at radius 3 is 3.00 bits per heavy atom. The average molecular weight is 271 g/mol. The van der Waals surface area contributed by atoms with E-state index in [0.717, 1.165) is 24.5 Å². The monoisotopic (exact) mass is 271 g/mol. The highest BCUT2D eigenvalue weighted by Gasteiger charge is 2.30. The zero-order valence-corrected chi connectivity index (χ0v) is 11.7. The van der Waals surface area contributed by atoms with E-state index in [1.54, 1.807) is 23.3 Å². The number of aromatic nitrogens is 4. The van der Waals surface area contributed by atoms with Crippen LogP contribution in [0.25, 0.3) is 0 Å². The third kappa shape index (κ3) is 2.41. The number of rotatable bonds is 2. The molecular formula is C14H17N5O. The van der Waals surface area contributed by atoms with Gasteiger partial charge in [0.25, 0.3) is 5.91 Å². The first-order valence-corrected chi connectivity index (χ1v) is 6.71. The summed E-state index contributed by atoms with van der Waals surface area (Å²) in [7, 11) is 1.81. The summed E-state index contributed by atoms with van der Waals surface area (Å²) in [6, 6.07) is 1.89. The highest BCUT2D eigenvalue weighted by Crippen LogP contribution is 2.25. The van der Waals surface area contributed by atoms with Crippen molar-refractivity contribution in [3.63, 3.8) is 0 Å². The van der Waals surface area contributed by atoms with Gasteiger partial charge in [0.2, 0.25) is 0 Å². The quantitative estimate of drug-likeness (QED) is 0.822. The number of carbonyl (C=O) groups is 1. The third-order valence-electron chi connectivity index (χ3n) is 3.61. The minimum Gasteiger partial charge on any atom is -0.338 e. The maximum atomic E-state index is 12.3. The minimum absolute atomic E-state index is 0.0354. The molecule has 0 aromatic carbocycles. The van der Waals surface area contributed by atoms with Crippen molar-refractivity contribution in [2.24, 2.45) is 7.05 Å². The van der Waals surface area contributed by atoms with Crippen molar-refractivity contribution >= 4 is 5.91 Å². The van der Waals surface area contributed by atoms with Crippen LogP contribution in [0.5, 0.6) is 0 Å². The van der Waals surface area contributed by atoms with Gasteiger partial charge in [0.1, 0.15) is 5.82 Å². The SMILES string of the molecule is Cc1ccnc([C@@H]2CCN(C(=O)c3cnn(C)c3)C2)n1. The molecule has 1 aliphatic rings. The summed E-state index contributed by atoms with van der Waals surface area (Å²) in [4.78, 5) is 23.0. The number of carbonyl (C=O) groups excluding carboxylic acids is 1. The van der Waals surface area contributed by atoms with E-state index in [4.69, 9.17) is 0 Å². The standard InChI is InChI=1S/C14H17N5O/c1-10-3-5-15-13(17-10)11-4-6-19(9-11)14(20)12-7-16-18(2)8-12/h3,5,7-8,11H,4,6,9H2,1-2H3/t11-/m1/s1. The smallest absolute Gasteiger partial charge is 0.257 e. The molecule has 2 aromatic rings. The van der Waals surface area contributed by atoms with Gasteiger partial charge in [0.05, 0.1) is 11.8 Å². The molecule has 6 nitrogen and oxygen atoms in total. The van der Waals surface area contributed by atoms with E-state index in [2.05, 4.69) is 15.1 Å². The lowest BCUT2D eigenvalue weighted by molar-refractivity contribution is 0.0790. The Morgan fingerprint density at radius 2 is 2.30 bits per heavy atom. The fourth-order valence-corrected chi connectivity index (χ4v) is 2.53. The molecule has 2 aromatic heterocycles. The largest absolute Gasteiger partial charge is 0.338 e. The van der Waals surface area contributed by atoms with Crippen molar-refractivity contribution in [2.75, 3.05) is 13.1 Å². The second kappa shape index (κ2) is 5.03. The van der Waals surface area contributed by atoms with Crippen molar-refractivity contribution in [1.29, 1.82) is 0 Å². The summed E-state index contributed by atoms with van der Waals surface area (Å²) < 4.78 is 1.64. The van der Waals surface area contributed by atoms with E-state index in [-0.39, 0.29) is 11.8 Å². The van der Waals surface area contributed by atoms with Crippen LogP contribution in [0.2, 0.25) is 0 Å². The first kappa shape index (κ1) is 12.8. The van der Waals surface area contributed by atoms with Crippen LogP contribution in [0.4, 0.5) is 0 Å². The van der Waals surface area contributed by atoms with Crippen molar-refractivity contribution in [3.05, 3.63) is 41.7 Å². The number of hydrogen-bond donors (Lipinski definition) is 0. The van der Waals surface area contributed by atoms with Gasteiger partial charge in [-0.1, -0.05) is 0 Å². The summed E-state index contributed by atoms with van der Waals surface area (Å²) in [5.74, 6) is 1.11. The van der Waals surface area contributed by atoms with E-state index >= 15 is 0 Å². The molecule has 0 aliphatic carbocycles. The van der Waals surface area contributed by atoms with Crippen LogP contribution in [-0.4, -0.2) is 43.6 Å². The van der Waals surface area contributed by atoms with Crippen molar-refractivity contribution < 1.29 is 4.79 Å². The fraction of sp³-hybridized carbons (Fsp3) is 0.429. The van der Waals surface area contributed by atoms with Gasteiger partial charge in [-0.25, -0.2) is 9.97 Å². The molecule has 0 spiro atoms. The number of nitrogens with zero attached hydrogens (tertiary/aromatic N) is 5. The normalized spacial score (nSPS) is 18.5. The maximum absolute atomic E-state index is 12.3. The van der Waals surface area contributed by atoms with E-state index in [1.165, 1.54) is 0 Å². The van der Waals surface area contributed by atoms with Crippen LogP contribution in [0, 0.1) is 6.92 Å². The Labute approximate surface area is 117 Å². The van der Waals surface area contributed by atoms with Crippen LogP contribution < -0.4 is 0 Å². The van der Waals surface area contributed by atoms with Gasteiger partial charge in [0.15, 0.2) is 0 Å². The molecule has 6 heteroatoms. The lowest BCUT2D eigenvalue weighted by Gasteiger charge is -2.15. The van der Waals surface area contributed by atoms with Crippen molar-refractivity contribution in [2.45, 2.75) is 19.3 Å². The fourth-order valence-electron chi connectivity index (χ4n) is 2.53. The predicted octanol–water partition coefficient (Wildman–Crippen LogP) is 1.15. The second-order valence-corrected chi connectivity index (χ2v) is 5.20. The Hall–Kier alpha value is -2.24. The zero-order valence-electron chi connectivity index (χ0n) is 11.7. The molecule has 104 valence electrons. The molecule has 20 heavy (non-hydrogen) atoms. The van der Waals surface area contributed by atoms with Crippen LogP contribution in [0.1, 0.15) is 34.2 Å². The zero-order chi connectivity index (χ0) is 14.1. The van der Waals surface area contributed by atoms with Gasteiger partial charge in [0, 0.05) is 44.1 Å². The summed E-state index contributed by atoms with van der Waals surface area (Å²) in [5.41, 5.74) is 1.60. The molecule has 1 aliphatic heterocycles. The molecule has 1 fully saturated rings. The number of likely N-dealkylation sites (tertiary alicyclic amines) is 1. The Balaban J connectivity index is 1.72. The highest BCUT2D eigenvalue weighted by molar-refractivity contribution is 5.93. The molecule has 1 amide bonds. The molecule has 3 heterocycles. The molecule has 0 radical (unpaired) electrons. The Kier molecular flexibility index (Phi) is 3.22. The van der Waals surface area contributed by atoms with Gasteiger partial charge >= 0.3 is 0 Å². The molecule has 1 atom stereocenters. The van der Waals surface area contributed by atoms with Crippen molar-refractivity contribution in [1.82, 2.24) is 24.6 Å². The van der Waals surface area contributed by atoms with Crippen LogP contribution in [0.15, 0.2) is 24.7 Å². The van der Waals surface area contributed by atoms with E-state index in [0.29, 0.717) is 12.1 Å². The first-order valence-electron chi connectivity index (χ1n) is 6.71. The predicted molar refractivity (Wildman–Crippen MR) is 73.2 cm³/mol. The van der Waals surface area contributed by atoms with Gasteiger partial charge in [-0.15, -0.1) is 0 Å². The summed E-state index contributed by atoms with van der Waals surface area (Å²) in [6.07, 6.45) is 6.05. The van der Waals surface area contributed by atoms with E-state index in [1.807, 2.05) is 24.9 Å². The topological polar surface area (TPSA) is 63.9 Å². The minimum atomic E-state index is 0.0354. The van der Waals surface area contributed by atoms with E-state index < -0.39 is 0 Å². The first-order chi connectivity index (χ1) is 9.63. The van der Waals surface area contributed by atoms with Crippen LogP contribution >= 0.6 is 0 Å². The number of hydrogen-bond acceptors (Lipinski definition) is 4. The summed E-state index contributed by atoms with van der Waals surface area (Å²) in [6.45, 7) is 3.38. The Morgan fingerprint density at radius 1 is 1.45 bits per heavy atom. The summed E-state index contributed by atoms with van der Waals surface area (Å²) in [5, 5.41) is 4.04. The third-order valence-corrected chi connectivity index (χ3v) is 3.61. The Bertz CT molecular complexity index is 636. The van der Waals surface area contributed by atoms with Gasteiger partial charge in [-0.3, -0.25) is 9.48 Å². The molecular weight excluding hydrogens is 254 g/mol. The second-order valence-electron chi connectivity index (χ2n) is 5.20. The molecule has 1 saturated heterocycles. The van der Waals surface area contributed by atoms with Crippen LogP contribution in [-0.2, 0) is 7.05 Å². The molecule has 0 saturated carbocycles. The van der Waals surface area contributed by atoms with E-state index in [9.17, 15) is 4.79 Å². The molecule has 0 unspecified atom stereocenters. The molecule has 0 N–H and O–H groups in total. The molecule has 0 bridgehead atoms. The lowest BCUT2D eigenvalue weighted by atomic mass is 10.1. The number of amides is 1. The summed E-state index contributed by atoms with van der Waals surface area (Å²) >= 11 is 0. The highest BCUT2D eigenvalue weighted by atomic mass is 16.2. The molecule has 3 rings (SSSR count). The van der Waals surface area contributed by atoms with Gasteiger partial charge < -0.3 is 4.90 Å². The maximum Gasteiger partial charge on any atom is 0.257 e. The van der Waals surface area contributed by atoms with Gasteiger partial charge in [-0.2, -0.15) is 5.10 Å².